The van der Waals surface area contributed by atoms with Gasteiger partial charge in [-0.3, -0.25) is 0 Å². The molecule has 0 aromatic heterocycles. The Morgan fingerprint density at radius 3 is 2.41 bits per heavy atom. The zero-order valence-corrected chi connectivity index (χ0v) is 8.38. The molecule has 1 aromatic carbocycles. The molecule has 90 valence electrons. The summed E-state index contributed by atoms with van der Waals surface area (Å²) in [5, 5.41) is 17.4. The van der Waals surface area contributed by atoms with Gasteiger partial charge < -0.3 is 10.8 Å². The second kappa shape index (κ2) is 4.43. The maximum atomic E-state index is 12.7. The standard InChI is InChI=1S/C10H7F3N2O2/c11-10(12,13)8-6(9(16)17)2-1-5(3-14)7(8)4-15/h1-2H,3,14H2,(H,16,17). The average Bonchev–Trinajstić information content (AvgIpc) is 2.25. The van der Waals surface area contributed by atoms with Crippen LogP contribution in [0.15, 0.2) is 12.1 Å². The van der Waals surface area contributed by atoms with E-state index in [4.69, 9.17) is 16.1 Å². The molecular weight excluding hydrogens is 237 g/mol. The second-order valence-corrected chi connectivity index (χ2v) is 3.14. The Hall–Kier alpha value is -2.07. The molecule has 4 nitrogen and oxygen atoms in total. The van der Waals surface area contributed by atoms with Crippen molar-refractivity contribution in [1.82, 2.24) is 0 Å². The Bertz CT molecular complexity index is 503. The van der Waals surface area contributed by atoms with Gasteiger partial charge in [0, 0.05) is 6.54 Å². The van der Waals surface area contributed by atoms with Gasteiger partial charge in [0.05, 0.1) is 16.7 Å². The fourth-order valence-corrected chi connectivity index (χ4v) is 1.42. The number of hydrogen-bond donors (Lipinski definition) is 2. The fourth-order valence-electron chi connectivity index (χ4n) is 1.42. The molecule has 3 N–H and O–H groups in total. The molecule has 0 fully saturated rings. The molecule has 0 saturated carbocycles. The van der Waals surface area contributed by atoms with Gasteiger partial charge in [0.1, 0.15) is 6.07 Å². The number of nitrogens with zero attached hydrogens (tertiary/aromatic N) is 1. The molecule has 0 bridgehead atoms. The zero-order chi connectivity index (χ0) is 13.2. The Morgan fingerprint density at radius 1 is 1.47 bits per heavy atom. The van der Waals surface area contributed by atoms with E-state index in [1.54, 1.807) is 0 Å². The predicted octanol–water partition coefficient (Wildman–Crippen LogP) is 1.73. The van der Waals surface area contributed by atoms with Crippen LogP contribution in [0.4, 0.5) is 13.2 Å². The lowest BCUT2D eigenvalue weighted by molar-refractivity contribution is -0.138. The van der Waals surface area contributed by atoms with Crippen LogP contribution in [0.25, 0.3) is 0 Å². The van der Waals surface area contributed by atoms with Crippen molar-refractivity contribution < 1.29 is 23.1 Å². The summed E-state index contributed by atoms with van der Waals surface area (Å²) in [6.45, 7) is -0.272. The van der Waals surface area contributed by atoms with Crippen LogP contribution in [0.5, 0.6) is 0 Å². The van der Waals surface area contributed by atoms with Crippen molar-refractivity contribution >= 4 is 5.97 Å². The third-order valence-corrected chi connectivity index (χ3v) is 2.14. The molecule has 0 spiro atoms. The Labute approximate surface area is 94.1 Å². The average molecular weight is 244 g/mol. The number of carboxylic acids is 1. The lowest BCUT2D eigenvalue weighted by Gasteiger charge is -2.14. The molecule has 0 radical (unpaired) electrons. The van der Waals surface area contributed by atoms with Crippen LogP contribution >= 0.6 is 0 Å². The van der Waals surface area contributed by atoms with Crippen LogP contribution in [0.3, 0.4) is 0 Å². The van der Waals surface area contributed by atoms with Crippen molar-refractivity contribution in [2.75, 3.05) is 0 Å². The normalized spacial score (nSPS) is 11.0. The molecule has 0 saturated heterocycles. The Kier molecular flexibility index (Phi) is 3.39. The molecule has 17 heavy (non-hydrogen) atoms. The SMILES string of the molecule is N#Cc1c(CN)ccc(C(=O)O)c1C(F)(F)F. The first-order chi connectivity index (χ1) is 7.82. The highest BCUT2D eigenvalue weighted by Crippen LogP contribution is 2.35. The number of hydrogen-bond acceptors (Lipinski definition) is 3. The van der Waals surface area contributed by atoms with Gasteiger partial charge in [0.2, 0.25) is 0 Å². The first-order valence-corrected chi connectivity index (χ1v) is 4.39. The lowest BCUT2D eigenvalue weighted by Crippen LogP contribution is -2.17. The Balaban J connectivity index is 3.70. The highest BCUT2D eigenvalue weighted by molar-refractivity contribution is 5.90. The van der Waals surface area contributed by atoms with Crippen LogP contribution in [0.1, 0.15) is 27.0 Å². The third-order valence-electron chi connectivity index (χ3n) is 2.14. The van der Waals surface area contributed by atoms with E-state index in [1.807, 2.05) is 0 Å². The number of nitriles is 1. The maximum Gasteiger partial charge on any atom is 0.418 e. The third kappa shape index (κ3) is 2.37. The largest absolute Gasteiger partial charge is 0.478 e. The van der Waals surface area contributed by atoms with Crippen molar-refractivity contribution in [2.45, 2.75) is 12.7 Å². The number of carbonyl (C=O) groups is 1. The maximum absolute atomic E-state index is 12.7. The number of carboxylic acid groups (broad SMARTS) is 1. The van der Waals surface area contributed by atoms with Gasteiger partial charge in [0.15, 0.2) is 0 Å². The topological polar surface area (TPSA) is 87.1 Å². The Morgan fingerprint density at radius 2 is 2.06 bits per heavy atom. The summed E-state index contributed by atoms with van der Waals surface area (Å²) in [5.74, 6) is -1.74. The molecule has 0 aliphatic carbocycles. The first-order valence-electron chi connectivity index (χ1n) is 4.39. The smallest absolute Gasteiger partial charge is 0.418 e. The van der Waals surface area contributed by atoms with E-state index in [2.05, 4.69) is 0 Å². The summed E-state index contributed by atoms with van der Waals surface area (Å²) in [6.07, 6.45) is -4.91. The van der Waals surface area contributed by atoms with E-state index in [-0.39, 0.29) is 12.1 Å². The quantitative estimate of drug-likeness (QED) is 0.829. The molecule has 0 unspecified atom stereocenters. The van der Waals surface area contributed by atoms with Crippen LogP contribution < -0.4 is 5.73 Å². The molecule has 7 heteroatoms. The molecule has 1 rings (SSSR count). The van der Waals surface area contributed by atoms with Crippen LogP contribution in [0, 0.1) is 11.3 Å². The van der Waals surface area contributed by atoms with Crippen molar-refractivity contribution in [3.05, 3.63) is 34.4 Å². The number of benzene rings is 1. The molecule has 1 aromatic rings. The minimum atomic E-state index is -4.91. The van der Waals surface area contributed by atoms with Gasteiger partial charge in [-0.1, -0.05) is 6.07 Å². The molecule has 0 heterocycles. The lowest BCUT2D eigenvalue weighted by atomic mass is 9.96. The van der Waals surface area contributed by atoms with Gasteiger partial charge in [-0.15, -0.1) is 0 Å². The van der Waals surface area contributed by atoms with Crippen molar-refractivity contribution in [3.8, 4) is 6.07 Å². The summed E-state index contributed by atoms with van der Waals surface area (Å²) < 4.78 is 38.2. The van der Waals surface area contributed by atoms with Crippen LogP contribution in [-0.2, 0) is 12.7 Å². The summed E-state index contributed by atoms with van der Waals surface area (Å²) in [5.41, 5.74) is 2.02. The van der Waals surface area contributed by atoms with Gasteiger partial charge in [-0.2, -0.15) is 18.4 Å². The van der Waals surface area contributed by atoms with E-state index in [0.717, 1.165) is 12.1 Å². The van der Waals surface area contributed by atoms with Gasteiger partial charge in [-0.05, 0) is 11.6 Å². The van der Waals surface area contributed by atoms with Gasteiger partial charge >= 0.3 is 12.1 Å². The van der Waals surface area contributed by atoms with Gasteiger partial charge in [-0.25, -0.2) is 4.79 Å². The molecule has 0 aliphatic rings. The number of alkyl halides is 3. The number of nitrogens with two attached hydrogens (primary N) is 1. The van der Waals surface area contributed by atoms with E-state index < -0.39 is 28.8 Å². The van der Waals surface area contributed by atoms with Crippen molar-refractivity contribution in [3.63, 3.8) is 0 Å². The zero-order valence-electron chi connectivity index (χ0n) is 8.38. The summed E-state index contributed by atoms with van der Waals surface area (Å²) in [6, 6.07) is 3.26. The van der Waals surface area contributed by atoms with Crippen molar-refractivity contribution in [1.29, 1.82) is 5.26 Å². The van der Waals surface area contributed by atoms with E-state index in [0.29, 0.717) is 0 Å². The van der Waals surface area contributed by atoms with Crippen molar-refractivity contribution in [2.24, 2.45) is 5.73 Å². The van der Waals surface area contributed by atoms with E-state index in [9.17, 15) is 18.0 Å². The summed E-state index contributed by atoms with van der Waals surface area (Å²) in [7, 11) is 0. The van der Waals surface area contributed by atoms with E-state index >= 15 is 0 Å². The molecular formula is C10H7F3N2O2. The number of aromatic carboxylic acids is 1. The minimum Gasteiger partial charge on any atom is -0.478 e. The van der Waals surface area contributed by atoms with E-state index in [1.165, 1.54) is 6.07 Å². The van der Waals surface area contributed by atoms with Crippen LogP contribution in [-0.4, -0.2) is 11.1 Å². The van der Waals surface area contributed by atoms with Crippen LogP contribution in [0.2, 0.25) is 0 Å². The monoisotopic (exact) mass is 244 g/mol. The second-order valence-electron chi connectivity index (χ2n) is 3.14. The minimum absolute atomic E-state index is 0.0372. The van der Waals surface area contributed by atoms with Gasteiger partial charge in [0.25, 0.3) is 0 Å². The number of rotatable bonds is 2. The summed E-state index contributed by atoms with van der Waals surface area (Å²) in [4.78, 5) is 10.7. The predicted molar refractivity (Wildman–Crippen MR) is 51.0 cm³/mol. The first kappa shape index (κ1) is 13.0. The highest BCUT2D eigenvalue weighted by Gasteiger charge is 2.39. The fraction of sp³-hybridized carbons (Fsp3) is 0.200. The molecule has 0 aliphatic heterocycles. The molecule has 0 atom stereocenters. The highest BCUT2D eigenvalue weighted by atomic mass is 19.4. The number of halogens is 3. The molecule has 0 amide bonds. The summed E-state index contributed by atoms with van der Waals surface area (Å²) >= 11 is 0.